The second-order valence-electron chi connectivity index (χ2n) is 7.44. The number of rotatable bonds is 5. The van der Waals surface area contributed by atoms with E-state index in [1.807, 2.05) is 30.3 Å². The van der Waals surface area contributed by atoms with Gasteiger partial charge in [-0.1, -0.05) is 77.3 Å². The van der Waals surface area contributed by atoms with Gasteiger partial charge in [-0.15, -0.1) is 0 Å². The third-order valence-corrected chi connectivity index (χ3v) is 6.30. The van der Waals surface area contributed by atoms with Gasteiger partial charge < -0.3 is 10.2 Å². The number of hydrogen-bond acceptors (Lipinski definition) is 2. The highest BCUT2D eigenvalue weighted by Gasteiger charge is 2.30. The van der Waals surface area contributed by atoms with Gasteiger partial charge in [0.25, 0.3) is 0 Å². The van der Waals surface area contributed by atoms with Gasteiger partial charge in [-0.25, -0.2) is 0 Å². The number of nitrogens with one attached hydrogen (secondary N) is 1. The lowest BCUT2D eigenvalue weighted by atomic mass is 9.91. The molecule has 1 aliphatic heterocycles. The third kappa shape index (κ3) is 5.07. The Hall–Kier alpha value is -1.71. The van der Waals surface area contributed by atoms with Crippen molar-refractivity contribution in [2.75, 3.05) is 11.4 Å². The maximum atomic E-state index is 6.56. The summed E-state index contributed by atoms with van der Waals surface area (Å²) >= 11 is 18.8. The molecule has 0 aromatic heterocycles. The summed E-state index contributed by atoms with van der Waals surface area (Å²) in [7, 11) is 0. The van der Waals surface area contributed by atoms with Crippen LogP contribution in [0.2, 0.25) is 15.1 Å². The van der Waals surface area contributed by atoms with Crippen LogP contribution in [0.5, 0.6) is 0 Å². The molecule has 1 aliphatic rings. The molecule has 1 N–H and O–H groups in total. The number of benzene rings is 3. The van der Waals surface area contributed by atoms with Crippen LogP contribution in [0.4, 0.5) is 5.69 Å². The molecule has 150 valence electrons. The molecule has 1 fully saturated rings. The topological polar surface area (TPSA) is 15.3 Å². The molecule has 2 nitrogen and oxygen atoms in total. The van der Waals surface area contributed by atoms with Crippen molar-refractivity contribution in [3.8, 4) is 0 Å². The summed E-state index contributed by atoms with van der Waals surface area (Å²) in [5.41, 5.74) is 3.57. The summed E-state index contributed by atoms with van der Waals surface area (Å²) in [5, 5.41) is 5.83. The van der Waals surface area contributed by atoms with Crippen molar-refractivity contribution in [3.63, 3.8) is 0 Å². The molecule has 1 saturated heterocycles. The molecule has 2 atom stereocenters. The Balaban J connectivity index is 1.56. The van der Waals surface area contributed by atoms with E-state index in [0.29, 0.717) is 16.1 Å². The average molecular weight is 446 g/mol. The van der Waals surface area contributed by atoms with E-state index in [1.54, 1.807) is 0 Å². The quantitative estimate of drug-likeness (QED) is 0.448. The van der Waals surface area contributed by atoms with Crippen molar-refractivity contribution in [1.82, 2.24) is 5.32 Å². The molecule has 1 heterocycles. The predicted octanol–water partition coefficient (Wildman–Crippen LogP) is 7.15. The van der Waals surface area contributed by atoms with Crippen LogP contribution >= 0.6 is 34.8 Å². The maximum absolute atomic E-state index is 6.56. The first-order valence-corrected chi connectivity index (χ1v) is 11.0. The maximum Gasteiger partial charge on any atom is 0.0654 e. The summed E-state index contributed by atoms with van der Waals surface area (Å²) in [6.45, 7) is 1.79. The molecule has 0 saturated carbocycles. The van der Waals surface area contributed by atoms with Crippen LogP contribution in [0, 0.1) is 0 Å². The van der Waals surface area contributed by atoms with Crippen molar-refractivity contribution >= 4 is 40.5 Å². The molecular formula is C24H23Cl3N2. The van der Waals surface area contributed by atoms with Gasteiger partial charge in [0.1, 0.15) is 0 Å². The van der Waals surface area contributed by atoms with Crippen LogP contribution in [0.15, 0.2) is 72.8 Å². The molecule has 0 spiro atoms. The van der Waals surface area contributed by atoms with E-state index in [1.165, 1.54) is 11.1 Å². The molecule has 29 heavy (non-hydrogen) atoms. The van der Waals surface area contributed by atoms with Crippen LogP contribution in [0.1, 0.15) is 30.0 Å². The highest BCUT2D eigenvalue weighted by Crippen LogP contribution is 2.39. The monoisotopic (exact) mass is 444 g/mol. The summed E-state index contributed by atoms with van der Waals surface area (Å²) in [5.74, 6) is 0. The Bertz CT molecular complexity index is 944. The number of anilines is 1. The summed E-state index contributed by atoms with van der Waals surface area (Å²) in [4.78, 5) is 2.39. The highest BCUT2D eigenvalue weighted by molar-refractivity contribution is 6.36. The molecule has 3 aromatic rings. The first-order chi connectivity index (χ1) is 14.1. The number of hydrogen-bond donors (Lipinski definition) is 1. The number of nitrogens with zero attached hydrogens (tertiary/aromatic N) is 1. The summed E-state index contributed by atoms with van der Waals surface area (Å²) < 4.78 is 0. The normalized spacial score (nSPS) is 19.3. The SMILES string of the molecule is Clc1ccc(C2CC(NCc3ccccc3)CCN2c2ccc(Cl)cc2Cl)cc1. The van der Waals surface area contributed by atoms with Crippen LogP contribution in [0.3, 0.4) is 0 Å². The third-order valence-electron chi connectivity index (χ3n) is 5.51. The molecular weight excluding hydrogens is 423 g/mol. The van der Waals surface area contributed by atoms with Gasteiger partial charge in [0, 0.05) is 29.2 Å². The second-order valence-corrected chi connectivity index (χ2v) is 8.72. The Kier molecular flexibility index (Phi) is 6.67. The minimum Gasteiger partial charge on any atom is -0.363 e. The Labute approximate surface area is 187 Å². The first-order valence-electron chi connectivity index (χ1n) is 9.84. The van der Waals surface area contributed by atoms with Crippen molar-refractivity contribution < 1.29 is 0 Å². The molecule has 4 rings (SSSR count). The van der Waals surface area contributed by atoms with Crippen molar-refractivity contribution in [2.45, 2.75) is 31.5 Å². The van der Waals surface area contributed by atoms with E-state index in [-0.39, 0.29) is 6.04 Å². The van der Waals surface area contributed by atoms with E-state index in [9.17, 15) is 0 Å². The number of piperidine rings is 1. The zero-order chi connectivity index (χ0) is 20.2. The smallest absolute Gasteiger partial charge is 0.0654 e. The summed E-state index contributed by atoms with van der Waals surface area (Å²) in [6, 6.07) is 25.1. The van der Waals surface area contributed by atoms with Gasteiger partial charge >= 0.3 is 0 Å². The lowest BCUT2D eigenvalue weighted by Gasteiger charge is -2.42. The van der Waals surface area contributed by atoms with E-state index in [0.717, 1.165) is 36.6 Å². The van der Waals surface area contributed by atoms with Crippen LogP contribution in [0.25, 0.3) is 0 Å². The van der Waals surface area contributed by atoms with Gasteiger partial charge in [0.2, 0.25) is 0 Å². The first kappa shape index (κ1) is 20.6. The van der Waals surface area contributed by atoms with Crippen molar-refractivity contribution in [1.29, 1.82) is 0 Å². The van der Waals surface area contributed by atoms with Crippen molar-refractivity contribution in [3.05, 3.63) is 99.0 Å². The standard InChI is InChI=1S/C24H23Cl3N2/c25-19-8-6-18(7-9-19)24-15-21(28-16-17-4-2-1-3-5-17)12-13-29(24)23-11-10-20(26)14-22(23)27/h1-11,14,21,24,28H,12-13,15-16H2. The van der Waals surface area contributed by atoms with Gasteiger partial charge in [-0.05, 0) is 54.3 Å². The largest absolute Gasteiger partial charge is 0.363 e. The zero-order valence-corrected chi connectivity index (χ0v) is 18.3. The van der Waals surface area contributed by atoms with Gasteiger partial charge in [-0.2, -0.15) is 0 Å². The molecule has 0 bridgehead atoms. The Morgan fingerprint density at radius 1 is 0.862 bits per heavy atom. The predicted molar refractivity (Wildman–Crippen MR) is 124 cm³/mol. The minimum atomic E-state index is 0.216. The second kappa shape index (κ2) is 9.40. The molecule has 0 radical (unpaired) electrons. The lowest BCUT2D eigenvalue weighted by Crippen LogP contribution is -2.44. The Morgan fingerprint density at radius 2 is 1.59 bits per heavy atom. The molecule has 2 unspecified atom stereocenters. The van der Waals surface area contributed by atoms with Gasteiger partial charge in [-0.3, -0.25) is 0 Å². The lowest BCUT2D eigenvalue weighted by molar-refractivity contribution is 0.359. The van der Waals surface area contributed by atoms with E-state index >= 15 is 0 Å². The van der Waals surface area contributed by atoms with E-state index < -0.39 is 0 Å². The van der Waals surface area contributed by atoms with E-state index in [4.69, 9.17) is 34.8 Å². The van der Waals surface area contributed by atoms with E-state index in [2.05, 4.69) is 52.7 Å². The molecule has 0 amide bonds. The van der Waals surface area contributed by atoms with Crippen LogP contribution in [-0.2, 0) is 6.54 Å². The van der Waals surface area contributed by atoms with Crippen LogP contribution in [-0.4, -0.2) is 12.6 Å². The van der Waals surface area contributed by atoms with Crippen LogP contribution < -0.4 is 10.2 Å². The Morgan fingerprint density at radius 3 is 2.31 bits per heavy atom. The zero-order valence-electron chi connectivity index (χ0n) is 16.0. The molecule has 0 aliphatic carbocycles. The minimum absolute atomic E-state index is 0.216. The van der Waals surface area contributed by atoms with Crippen molar-refractivity contribution in [2.24, 2.45) is 0 Å². The fourth-order valence-electron chi connectivity index (χ4n) is 4.01. The molecule has 5 heteroatoms. The van der Waals surface area contributed by atoms with Gasteiger partial charge in [0.05, 0.1) is 16.8 Å². The highest BCUT2D eigenvalue weighted by atomic mass is 35.5. The fourth-order valence-corrected chi connectivity index (χ4v) is 4.66. The molecule has 3 aromatic carbocycles. The average Bonchev–Trinajstić information content (AvgIpc) is 2.74. The fraction of sp³-hybridized carbons (Fsp3) is 0.250. The number of halogens is 3. The van der Waals surface area contributed by atoms with Gasteiger partial charge in [0.15, 0.2) is 0 Å². The summed E-state index contributed by atoms with van der Waals surface area (Å²) in [6.07, 6.45) is 2.04.